The molecule has 3 N–H and O–H groups in total. The average Bonchev–Trinajstić information content (AvgIpc) is 2.43. The van der Waals surface area contributed by atoms with Crippen LogP contribution in [0, 0.1) is 0 Å². The molecule has 0 saturated carbocycles. The first kappa shape index (κ1) is 14.1. The predicted octanol–water partition coefficient (Wildman–Crippen LogP) is 0.458. The van der Waals surface area contributed by atoms with Gasteiger partial charge in [-0.3, -0.25) is 4.79 Å². The van der Waals surface area contributed by atoms with Gasteiger partial charge in [0.25, 0.3) is 0 Å². The summed E-state index contributed by atoms with van der Waals surface area (Å²) in [6.45, 7) is 0. The number of nitrogens with one attached hydrogen (secondary N) is 1. The van der Waals surface area contributed by atoms with Gasteiger partial charge in [0, 0.05) is 19.2 Å². The maximum absolute atomic E-state index is 11.6. The highest BCUT2D eigenvalue weighted by atomic mass is 16.5. The maximum atomic E-state index is 11.6. The van der Waals surface area contributed by atoms with Crippen LogP contribution in [0.4, 0.5) is 0 Å². The van der Waals surface area contributed by atoms with Crippen LogP contribution >= 0.6 is 0 Å². The van der Waals surface area contributed by atoms with Crippen LogP contribution in [0.2, 0.25) is 0 Å². The number of hydrogen-bond donors (Lipinski definition) is 2. The maximum Gasteiger partial charge on any atom is 0.241 e. The van der Waals surface area contributed by atoms with Gasteiger partial charge in [0.2, 0.25) is 5.91 Å². The Bertz CT molecular complexity index is 409. The minimum atomic E-state index is -0.870. The smallest absolute Gasteiger partial charge is 0.241 e. The van der Waals surface area contributed by atoms with E-state index < -0.39 is 6.04 Å². The van der Waals surface area contributed by atoms with E-state index in [4.69, 9.17) is 19.9 Å². The third-order valence-corrected chi connectivity index (χ3v) is 2.59. The normalized spacial score (nSPS) is 11.6. The molecule has 6 nitrogen and oxygen atoms in total. The fourth-order valence-electron chi connectivity index (χ4n) is 1.63. The molecule has 0 radical (unpaired) electrons. The van der Waals surface area contributed by atoms with Gasteiger partial charge in [-0.05, 0) is 0 Å². The molecular formula is C12H18N2O4. The van der Waals surface area contributed by atoms with E-state index in [1.54, 1.807) is 12.1 Å². The van der Waals surface area contributed by atoms with Crippen molar-refractivity contribution >= 4 is 5.91 Å². The van der Waals surface area contributed by atoms with Gasteiger partial charge < -0.3 is 25.3 Å². The molecule has 0 heterocycles. The minimum Gasteiger partial charge on any atom is -0.496 e. The number of amides is 1. The van der Waals surface area contributed by atoms with Gasteiger partial charge in [0.05, 0.1) is 26.9 Å². The number of methoxy groups -OCH3 is 3. The quantitative estimate of drug-likeness (QED) is 0.797. The van der Waals surface area contributed by atoms with Crippen molar-refractivity contribution in [1.82, 2.24) is 5.32 Å². The Morgan fingerprint density at radius 1 is 1.17 bits per heavy atom. The highest BCUT2D eigenvalue weighted by Crippen LogP contribution is 2.37. The molecule has 1 amide bonds. The van der Waals surface area contributed by atoms with Crippen molar-refractivity contribution in [2.45, 2.75) is 6.04 Å². The second-order valence-electron chi connectivity index (χ2n) is 3.54. The van der Waals surface area contributed by atoms with Crippen LogP contribution in [0.3, 0.4) is 0 Å². The van der Waals surface area contributed by atoms with Crippen LogP contribution in [-0.4, -0.2) is 34.3 Å². The first-order valence-electron chi connectivity index (χ1n) is 5.36. The van der Waals surface area contributed by atoms with Gasteiger partial charge >= 0.3 is 0 Å². The van der Waals surface area contributed by atoms with Gasteiger partial charge in [-0.25, -0.2) is 0 Å². The molecule has 0 bridgehead atoms. The summed E-state index contributed by atoms with van der Waals surface area (Å²) in [5.41, 5.74) is 6.37. The summed E-state index contributed by atoms with van der Waals surface area (Å²) in [5.74, 6) is 1.14. The fourth-order valence-corrected chi connectivity index (χ4v) is 1.63. The molecule has 1 unspecified atom stereocenters. The third kappa shape index (κ3) is 2.65. The molecule has 0 spiro atoms. The molecule has 6 heteroatoms. The van der Waals surface area contributed by atoms with E-state index in [0.717, 1.165) is 0 Å². The van der Waals surface area contributed by atoms with Crippen molar-refractivity contribution in [3.8, 4) is 17.2 Å². The molecule has 1 atom stereocenters. The second-order valence-corrected chi connectivity index (χ2v) is 3.54. The Kier molecular flexibility index (Phi) is 4.79. The number of benzene rings is 1. The van der Waals surface area contributed by atoms with Gasteiger partial charge in [-0.15, -0.1) is 0 Å². The Hall–Kier alpha value is -1.95. The topological polar surface area (TPSA) is 82.8 Å². The van der Waals surface area contributed by atoms with E-state index in [0.29, 0.717) is 22.8 Å². The van der Waals surface area contributed by atoms with E-state index in [1.807, 2.05) is 0 Å². The first-order valence-corrected chi connectivity index (χ1v) is 5.36. The summed E-state index contributed by atoms with van der Waals surface area (Å²) >= 11 is 0. The lowest BCUT2D eigenvalue weighted by atomic mass is 10.0. The van der Waals surface area contributed by atoms with Gasteiger partial charge in [-0.2, -0.15) is 0 Å². The molecule has 100 valence electrons. The lowest BCUT2D eigenvalue weighted by Crippen LogP contribution is -2.32. The Labute approximate surface area is 106 Å². The Morgan fingerprint density at radius 3 is 2.00 bits per heavy atom. The van der Waals surface area contributed by atoms with Gasteiger partial charge in [0.1, 0.15) is 23.3 Å². The molecule has 0 aliphatic rings. The molecule has 18 heavy (non-hydrogen) atoms. The number of likely N-dealkylation sites (N-methyl/N-ethyl adjacent to an activating group) is 1. The van der Waals surface area contributed by atoms with Crippen molar-refractivity contribution in [3.05, 3.63) is 17.7 Å². The number of carbonyl (C=O) groups is 1. The Balaban J connectivity index is 3.35. The van der Waals surface area contributed by atoms with E-state index in [2.05, 4.69) is 5.32 Å². The van der Waals surface area contributed by atoms with Gasteiger partial charge in [0.15, 0.2) is 0 Å². The second kappa shape index (κ2) is 6.11. The summed E-state index contributed by atoms with van der Waals surface area (Å²) in [7, 11) is 6.04. The van der Waals surface area contributed by atoms with Crippen molar-refractivity contribution in [2.24, 2.45) is 5.73 Å². The summed E-state index contributed by atoms with van der Waals surface area (Å²) in [6.07, 6.45) is 0. The monoisotopic (exact) mass is 254 g/mol. The SMILES string of the molecule is CNC(=O)C(N)c1c(OC)cc(OC)cc1OC. The zero-order valence-electron chi connectivity index (χ0n) is 10.9. The summed E-state index contributed by atoms with van der Waals surface area (Å²) < 4.78 is 15.6. The Morgan fingerprint density at radius 2 is 1.67 bits per heavy atom. The standard InChI is InChI=1S/C12H18N2O4/c1-14-12(15)11(13)10-8(17-3)5-7(16-2)6-9(10)18-4/h5-6,11H,13H2,1-4H3,(H,14,15). The zero-order chi connectivity index (χ0) is 13.7. The lowest BCUT2D eigenvalue weighted by molar-refractivity contribution is -0.122. The number of rotatable bonds is 5. The molecule has 0 fully saturated rings. The molecule has 0 aliphatic carbocycles. The van der Waals surface area contributed by atoms with E-state index in [9.17, 15) is 4.79 Å². The van der Waals surface area contributed by atoms with Crippen molar-refractivity contribution in [1.29, 1.82) is 0 Å². The third-order valence-electron chi connectivity index (χ3n) is 2.59. The molecule has 0 saturated heterocycles. The van der Waals surface area contributed by atoms with Crippen LogP contribution in [0.25, 0.3) is 0 Å². The number of carbonyl (C=O) groups excluding carboxylic acids is 1. The molecule has 1 rings (SSSR count). The van der Waals surface area contributed by atoms with Crippen molar-refractivity contribution in [2.75, 3.05) is 28.4 Å². The molecule has 1 aromatic rings. The first-order chi connectivity index (χ1) is 8.58. The number of nitrogens with two attached hydrogens (primary N) is 1. The lowest BCUT2D eigenvalue weighted by Gasteiger charge is -2.18. The van der Waals surface area contributed by atoms with E-state index in [1.165, 1.54) is 28.4 Å². The minimum absolute atomic E-state index is 0.322. The van der Waals surface area contributed by atoms with Crippen molar-refractivity contribution in [3.63, 3.8) is 0 Å². The molecule has 0 aliphatic heterocycles. The van der Waals surface area contributed by atoms with Crippen LogP contribution in [0.5, 0.6) is 17.2 Å². The number of hydrogen-bond acceptors (Lipinski definition) is 5. The predicted molar refractivity (Wildman–Crippen MR) is 67.1 cm³/mol. The highest BCUT2D eigenvalue weighted by molar-refractivity contribution is 5.84. The zero-order valence-corrected chi connectivity index (χ0v) is 10.9. The van der Waals surface area contributed by atoms with Crippen LogP contribution in [0.1, 0.15) is 11.6 Å². The summed E-state index contributed by atoms with van der Waals surface area (Å²) in [6, 6.07) is 2.44. The summed E-state index contributed by atoms with van der Waals surface area (Å²) in [4.78, 5) is 11.6. The van der Waals surface area contributed by atoms with Gasteiger partial charge in [-0.1, -0.05) is 0 Å². The van der Waals surface area contributed by atoms with Crippen molar-refractivity contribution < 1.29 is 19.0 Å². The van der Waals surface area contributed by atoms with Crippen LogP contribution in [0.15, 0.2) is 12.1 Å². The summed E-state index contributed by atoms with van der Waals surface area (Å²) in [5, 5.41) is 2.49. The number of ether oxygens (including phenoxy) is 3. The highest BCUT2D eigenvalue weighted by Gasteiger charge is 2.24. The fraction of sp³-hybridized carbons (Fsp3) is 0.417. The largest absolute Gasteiger partial charge is 0.496 e. The molecule has 0 aromatic heterocycles. The van der Waals surface area contributed by atoms with E-state index >= 15 is 0 Å². The van der Waals surface area contributed by atoms with Crippen LogP contribution in [-0.2, 0) is 4.79 Å². The van der Waals surface area contributed by atoms with E-state index in [-0.39, 0.29) is 5.91 Å². The van der Waals surface area contributed by atoms with Crippen LogP contribution < -0.4 is 25.3 Å². The molecular weight excluding hydrogens is 236 g/mol. The molecule has 1 aromatic carbocycles. The average molecular weight is 254 g/mol.